The lowest BCUT2D eigenvalue weighted by atomic mass is 9.95. The zero-order valence-electron chi connectivity index (χ0n) is 10.5. The first-order valence-electron chi connectivity index (χ1n) is 5.88. The number of alkyl halides is 1. The summed E-state index contributed by atoms with van der Waals surface area (Å²) >= 11 is 3.41. The second-order valence-corrected chi connectivity index (χ2v) is 4.87. The summed E-state index contributed by atoms with van der Waals surface area (Å²) in [4.78, 5) is 12.1. The number of hydrogen-bond donors (Lipinski definition) is 3. The molecule has 0 aliphatic carbocycles. The van der Waals surface area contributed by atoms with Gasteiger partial charge in [0.15, 0.2) is 0 Å². The first-order chi connectivity index (χ1) is 8.46. The van der Waals surface area contributed by atoms with Gasteiger partial charge < -0.3 is 15.5 Å². The molecule has 1 amide bonds. The molecule has 0 unspecified atom stereocenters. The fourth-order valence-electron chi connectivity index (χ4n) is 1.69. The normalized spacial score (nSPS) is 11.3. The average molecular weight is 316 g/mol. The number of phenolic OH excluding ortho intramolecular Hbond substituents is 2. The van der Waals surface area contributed by atoms with Crippen LogP contribution in [0, 0.1) is 0 Å². The molecular formula is C13H18BrNO3. The van der Waals surface area contributed by atoms with Gasteiger partial charge in [0.05, 0.1) is 0 Å². The minimum atomic E-state index is -0.307. The number of amides is 1. The van der Waals surface area contributed by atoms with E-state index < -0.39 is 0 Å². The molecule has 1 rings (SSSR count). The number of rotatable bonds is 5. The van der Waals surface area contributed by atoms with Crippen molar-refractivity contribution in [1.82, 2.24) is 5.32 Å². The van der Waals surface area contributed by atoms with Gasteiger partial charge in [-0.25, -0.2) is 0 Å². The lowest BCUT2D eigenvalue weighted by Gasteiger charge is -2.30. The van der Waals surface area contributed by atoms with Crippen LogP contribution in [-0.4, -0.2) is 27.0 Å². The third-order valence-electron chi connectivity index (χ3n) is 3.15. The van der Waals surface area contributed by atoms with E-state index in [9.17, 15) is 15.0 Å². The van der Waals surface area contributed by atoms with Crippen LogP contribution in [0.1, 0.15) is 37.0 Å². The van der Waals surface area contributed by atoms with Crippen molar-refractivity contribution < 1.29 is 15.0 Å². The Hall–Kier alpha value is -1.23. The Morgan fingerprint density at radius 3 is 2.11 bits per heavy atom. The molecule has 4 nitrogen and oxygen atoms in total. The largest absolute Gasteiger partial charge is 0.508 e. The van der Waals surface area contributed by atoms with E-state index in [4.69, 9.17) is 0 Å². The summed E-state index contributed by atoms with van der Waals surface area (Å²) in [5, 5.41) is 22.3. The molecule has 3 N–H and O–H groups in total. The Kier molecular flexibility index (Phi) is 5.02. The van der Waals surface area contributed by atoms with Gasteiger partial charge in [-0.15, -0.1) is 0 Å². The van der Waals surface area contributed by atoms with Crippen molar-refractivity contribution in [3.63, 3.8) is 0 Å². The fourth-order valence-corrected chi connectivity index (χ4v) is 2.62. The molecule has 0 heterocycles. The molecular weight excluding hydrogens is 298 g/mol. The van der Waals surface area contributed by atoms with Crippen LogP contribution in [0.4, 0.5) is 0 Å². The predicted molar refractivity (Wildman–Crippen MR) is 74.3 cm³/mol. The van der Waals surface area contributed by atoms with Gasteiger partial charge in [0.25, 0.3) is 5.91 Å². The maximum absolute atomic E-state index is 12.1. The third-order valence-corrected chi connectivity index (χ3v) is 4.23. The Morgan fingerprint density at radius 2 is 1.72 bits per heavy atom. The number of carbonyl (C=O) groups is 1. The van der Waals surface area contributed by atoms with Crippen molar-refractivity contribution in [3.8, 4) is 11.5 Å². The van der Waals surface area contributed by atoms with Crippen LogP contribution in [0.2, 0.25) is 0 Å². The standard InChI is InChI=1S/C13H18BrNO3/c1-3-13(4-2,8-14)15-12(18)9-5-10(16)7-11(17)6-9/h5-7,16-17H,3-4,8H2,1-2H3,(H,15,18). The van der Waals surface area contributed by atoms with Gasteiger partial charge >= 0.3 is 0 Å². The summed E-state index contributed by atoms with van der Waals surface area (Å²) in [6, 6.07) is 3.85. The van der Waals surface area contributed by atoms with Crippen LogP contribution in [-0.2, 0) is 0 Å². The Labute approximate surface area is 115 Å². The fraction of sp³-hybridized carbons (Fsp3) is 0.462. The van der Waals surface area contributed by atoms with Gasteiger partial charge in [0.1, 0.15) is 11.5 Å². The van der Waals surface area contributed by atoms with Gasteiger partial charge in [-0.05, 0) is 25.0 Å². The van der Waals surface area contributed by atoms with E-state index >= 15 is 0 Å². The number of carbonyl (C=O) groups excluding carboxylic acids is 1. The number of nitrogens with one attached hydrogen (secondary N) is 1. The molecule has 0 radical (unpaired) electrons. The highest BCUT2D eigenvalue weighted by Gasteiger charge is 2.27. The van der Waals surface area contributed by atoms with Crippen LogP contribution < -0.4 is 5.32 Å². The molecule has 1 aromatic carbocycles. The van der Waals surface area contributed by atoms with E-state index in [2.05, 4.69) is 21.2 Å². The molecule has 0 aliphatic heterocycles. The summed E-state index contributed by atoms with van der Waals surface area (Å²) in [5.74, 6) is -0.556. The van der Waals surface area contributed by atoms with Crippen LogP contribution in [0.5, 0.6) is 11.5 Å². The lowest BCUT2D eigenvalue weighted by Crippen LogP contribution is -2.49. The van der Waals surface area contributed by atoms with Crippen LogP contribution >= 0.6 is 15.9 Å². The smallest absolute Gasteiger partial charge is 0.252 e. The number of halogens is 1. The second kappa shape index (κ2) is 6.09. The zero-order valence-corrected chi connectivity index (χ0v) is 12.1. The van der Waals surface area contributed by atoms with E-state index in [1.165, 1.54) is 18.2 Å². The lowest BCUT2D eigenvalue weighted by molar-refractivity contribution is 0.0903. The highest BCUT2D eigenvalue weighted by molar-refractivity contribution is 9.09. The van der Waals surface area contributed by atoms with Crippen molar-refractivity contribution in [2.45, 2.75) is 32.2 Å². The van der Waals surface area contributed by atoms with E-state index in [-0.39, 0.29) is 28.5 Å². The van der Waals surface area contributed by atoms with E-state index in [1.807, 2.05) is 13.8 Å². The Bertz CT molecular complexity index is 402. The van der Waals surface area contributed by atoms with Gasteiger partial charge in [0.2, 0.25) is 0 Å². The minimum absolute atomic E-state index is 0.127. The van der Waals surface area contributed by atoms with Crippen molar-refractivity contribution in [2.75, 3.05) is 5.33 Å². The molecule has 0 saturated heterocycles. The third kappa shape index (κ3) is 3.38. The summed E-state index contributed by atoms with van der Waals surface area (Å²) in [6.45, 7) is 4.01. The molecule has 5 heteroatoms. The molecule has 0 aliphatic rings. The van der Waals surface area contributed by atoms with E-state index in [0.29, 0.717) is 5.33 Å². The molecule has 18 heavy (non-hydrogen) atoms. The molecule has 0 fully saturated rings. The number of phenols is 2. The topological polar surface area (TPSA) is 69.6 Å². The molecule has 100 valence electrons. The summed E-state index contributed by atoms with van der Waals surface area (Å²) in [7, 11) is 0. The van der Waals surface area contributed by atoms with Crippen molar-refractivity contribution in [3.05, 3.63) is 23.8 Å². The SMILES string of the molecule is CCC(CC)(CBr)NC(=O)c1cc(O)cc(O)c1. The van der Waals surface area contributed by atoms with Crippen molar-refractivity contribution >= 4 is 21.8 Å². The predicted octanol–water partition coefficient (Wildman–Crippen LogP) is 2.78. The number of benzene rings is 1. The Morgan fingerprint density at radius 1 is 1.22 bits per heavy atom. The van der Waals surface area contributed by atoms with Gasteiger partial charge in [-0.1, -0.05) is 29.8 Å². The summed E-state index contributed by atoms with van der Waals surface area (Å²) in [5.41, 5.74) is -0.0576. The molecule has 0 bridgehead atoms. The van der Waals surface area contributed by atoms with Gasteiger partial charge in [0, 0.05) is 22.5 Å². The van der Waals surface area contributed by atoms with Gasteiger partial charge in [-0.3, -0.25) is 4.79 Å². The molecule has 0 spiro atoms. The quantitative estimate of drug-likeness (QED) is 0.732. The Balaban J connectivity index is 2.94. The van der Waals surface area contributed by atoms with E-state index in [0.717, 1.165) is 12.8 Å². The van der Waals surface area contributed by atoms with Crippen molar-refractivity contribution in [2.24, 2.45) is 0 Å². The van der Waals surface area contributed by atoms with Gasteiger partial charge in [-0.2, -0.15) is 0 Å². The summed E-state index contributed by atoms with van der Waals surface area (Å²) in [6.07, 6.45) is 1.59. The summed E-state index contributed by atoms with van der Waals surface area (Å²) < 4.78 is 0. The molecule has 1 aromatic rings. The zero-order chi connectivity index (χ0) is 13.8. The van der Waals surface area contributed by atoms with Crippen LogP contribution in [0.3, 0.4) is 0 Å². The number of aromatic hydroxyl groups is 2. The average Bonchev–Trinajstić information content (AvgIpc) is 2.35. The second-order valence-electron chi connectivity index (χ2n) is 4.31. The first kappa shape index (κ1) is 14.8. The first-order valence-corrected chi connectivity index (χ1v) is 7.00. The van der Waals surface area contributed by atoms with E-state index in [1.54, 1.807) is 0 Å². The van der Waals surface area contributed by atoms with Crippen LogP contribution in [0.15, 0.2) is 18.2 Å². The molecule has 0 aromatic heterocycles. The highest BCUT2D eigenvalue weighted by Crippen LogP contribution is 2.23. The molecule has 0 atom stereocenters. The molecule has 0 saturated carbocycles. The highest BCUT2D eigenvalue weighted by atomic mass is 79.9. The maximum Gasteiger partial charge on any atom is 0.252 e. The number of hydrogen-bond acceptors (Lipinski definition) is 3. The monoisotopic (exact) mass is 315 g/mol. The minimum Gasteiger partial charge on any atom is -0.508 e. The van der Waals surface area contributed by atoms with Crippen molar-refractivity contribution in [1.29, 1.82) is 0 Å². The van der Waals surface area contributed by atoms with Crippen LogP contribution in [0.25, 0.3) is 0 Å². The maximum atomic E-state index is 12.1.